The summed E-state index contributed by atoms with van der Waals surface area (Å²) < 4.78 is 0. The first-order chi connectivity index (χ1) is 15.9. The van der Waals surface area contributed by atoms with Crippen molar-refractivity contribution in [2.75, 3.05) is 6.61 Å². The van der Waals surface area contributed by atoms with Gasteiger partial charge in [-0.2, -0.15) is 0 Å². The normalized spacial score (nSPS) is 41.0. The lowest BCUT2D eigenvalue weighted by atomic mass is 9.43. The molecule has 4 rings (SSSR count). The van der Waals surface area contributed by atoms with E-state index in [1.165, 1.54) is 38.5 Å². The van der Waals surface area contributed by atoms with Gasteiger partial charge in [0.05, 0.1) is 0 Å². The Bertz CT molecular complexity index is 849. The van der Waals surface area contributed by atoms with Gasteiger partial charge in [-0.3, -0.25) is 4.79 Å². The molecule has 0 radical (unpaired) electrons. The third kappa shape index (κ3) is 3.63. The van der Waals surface area contributed by atoms with Gasteiger partial charge in [0.2, 0.25) is 0 Å². The van der Waals surface area contributed by atoms with E-state index in [-0.39, 0.29) is 16.2 Å². The molecule has 7 atom stereocenters. The van der Waals surface area contributed by atoms with Crippen molar-refractivity contribution in [1.82, 2.24) is 0 Å². The Hall–Kier alpha value is -0.890. The van der Waals surface area contributed by atoms with Crippen LogP contribution in [0.3, 0.4) is 0 Å². The molecule has 0 aromatic heterocycles. The average molecular weight is 469 g/mol. The molecule has 0 saturated heterocycles. The fraction of sp³-hybridized carbons (Fsp3) is 0.844. The monoisotopic (exact) mass is 468 g/mol. The zero-order chi connectivity index (χ0) is 25.1. The smallest absolute Gasteiger partial charge is 0.138 e. The zero-order valence-corrected chi connectivity index (χ0v) is 23.3. The lowest BCUT2D eigenvalue weighted by molar-refractivity contribution is -0.139. The minimum Gasteiger partial charge on any atom is -0.396 e. The van der Waals surface area contributed by atoms with Gasteiger partial charge >= 0.3 is 0 Å². The Labute approximate surface area is 210 Å². The van der Waals surface area contributed by atoms with Gasteiger partial charge in [0, 0.05) is 18.4 Å². The molecule has 4 aliphatic rings. The van der Waals surface area contributed by atoms with E-state index < -0.39 is 0 Å². The Balaban J connectivity index is 1.64. The Morgan fingerprint density at radius 1 is 0.971 bits per heavy atom. The lowest BCUT2D eigenvalue weighted by Gasteiger charge is -2.61. The molecule has 192 valence electrons. The van der Waals surface area contributed by atoms with E-state index in [2.05, 4.69) is 61.1 Å². The molecule has 2 heteroatoms. The number of aliphatic hydroxyl groups excluding tert-OH is 1. The summed E-state index contributed by atoms with van der Waals surface area (Å²) in [5, 5.41) is 9.88. The van der Waals surface area contributed by atoms with Gasteiger partial charge in [-0.1, -0.05) is 65.7 Å². The maximum atomic E-state index is 12.9. The van der Waals surface area contributed by atoms with Crippen LogP contribution in [0.25, 0.3) is 0 Å². The predicted molar refractivity (Wildman–Crippen MR) is 142 cm³/mol. The largest absolute Gasteiger partial charge is 0.396 e. The van der Waals surface area contributed by atoms with Gasteiger partial charge in [-0.25, -0.2) is 0 Å². The Morgan fingerprint density at radius 3 is 2.29 bits per heavy atom. The first-order valence-electron chi connectivity index (χ1n) is 14.4. The molecule has 0 amide bonds. The summed E-state index contributed by atoms with van der Waals surface area (Å²) in [6, 6.07) is 0. The number of carbonyl (C=O) groups excluding carboxylic acids is 1. The standard InChI is InChI=1S/C32H52O2/c1-9-22(10-11-23(20-33)21(2)3)24-14-18-32(8)26-12-13-27-29(4,5)28(34)16-17-30(27,6)25(26)15-19-31(24,32)7/h9,21-24,27,33H,1,10-20H2,2-8H3/t22-,23?,24-,27+,30-,31-,32+/m1/s1. The summed E-state index contributed by atoms with van der Waals surface area (Å²) >= 11 is 0. The average Bonchev–Trinajstić information content (AvgIpc) is 3.06. The van der Waals surface area contributed by atoms with Crippen molar-refractivity contribution in [3.05, 3.63) is 23.8 Å². The van der Waals surface area contributed by atoms with Crippen LogP contribution in [-0.4, -0.2) is 17.5 Å². The van der Waals surface area contributed by atoms with E-state index in [4.69, 9.17) is 0 Å². The number of carbonyl (C=O) groups is 1. The second kappa shape index (κ2) is 8.89. The van der Waals surface area contributed by atoms with Crippen LogP contribution in [0.1, 0.15) is 113 Å². The summed E-state index contributed by atoms with van der Waals surface area (Å²) in [5.41, 5.74) is 4.18. The van der Waals surface area contributed by atoms with Crippen molar-refractivity contribution in [1.29, 1.82) is 0 Å². The maximum Gasteiger partial charge on any atom is 0.138 e. The van der Waals surface area contributed by atoms with Gasteiger partial charge in [0.25, 0.3) is 0 Å². The maximum absolute atomic E-state index is 12.9. The highest BCUT2D eigenvalue weighted by Gasteiger charge is 2.63. The summed E-state index contributed by atoms with van der Waals surface area (Å²) in [7, 11) is 0. The molecule has 1 N–H and O–H groups in total. The SMILES string of the molecule is C=C[C@H](CCC(CO)C(C)C)[C@H]1CC[C@@]2(C)C3=C(CC[C@]12C)[C@@]1(C)CCC(=O)C(C)(C)[C@@H]1CC3. The van der Waals surface area contributed by atoms with E-state index in [0.717, 1.165) is 25.7 Å². The van der Waals surface area contributed by atoms with Crippen molar-refractivity contribution >= 4 is 5.78 Å². The molecule has 0 bridgehead atoms. The first kappa shape index (κ1) is 26.2. The highest BCUT2D eigenvalue weighted by atomic mass is 16.3. The molecule has 2 fully saturated rings. The second-order valence-corrected chi connectivity index (χ2v) is 14.2. The highest BCUT2D eigenvalue weighted by molar-refractivity contribution is 5.85. The number of Topliss-reactive ketones (excluding diaryl/α,β-unsaturated/α-hetero) is 1. The molecule has 2 nitrogen and oxygen atoms in total. The minimum atomic E-state index is -0.182. The first-order valence-corrected chi connectivity index (χ1v) is 14.4. The number of hydrogen-bond acceptors (Lipinski definition) is 2. The van der Waals surface area contributed by atoms with Crippen molar-refractivity contribution in [2.24, 2.45) is 51.2 Å². The van der Waals surface area contributed by atoms with Crippen molar-refractivity contribution in [2.45, 2.75) is 113 Å². The van der Waals surface area contributed by atoms with Crippen molar-refractivity contribution in [3.63, 3.8) is 0 Å². The molecular weight excluding hydrogens is 416 g/mol. The molecule has 0 spiro atoms. The van der Waals surface area contributed by atoms with Gasteiger partial charge < -0.3 is 5.11 Å². The summed E-state index contributed by atoms with van der Waals surface area (Å²) in [6.45, 7) is 21.3. The third-order valence-corrected chi connectivity index (χ3v) is 12.4. The van der Waals surface area contributed by atoms with Crippen LogP contribution in [-0.2, 0) is 4.79 Å². The Kier molecular flexibility index (Phi) is 6.85. The minimum absolute atomic E-state index is 0.182. The van der Waals surface area contributed by atoms with E-state index in [1.54, 1.807) is 11.1 Å². The topological polar surface area (TPSA) is 37.3 Å². The molecule has 0 aromatic rings. The van der Waals surface area contributed by atoms with Gasteiger partial charge in [0.15, 0.2) is 0 Å². The Morgan fingerprint density at radius 2 is 1.68 bits per heavy atom. The highest BCUT2D eigenvalue weighted by Crippen LogP contribution is 2.72. The molecule has 1 unspecified atom stereocenters. The molecule has 34 heavy (non-hydrogen) atoms. The fourth-order valence-corrected chi connectivity index (χ4v) is 9.74. The number of ketones is 1. The zero-order valence-electron chi connectivity index (χ0n) is 23.3. The lowest BCUT2D eigenvalue weighted by Crippen LogP contribution is -2.53. The van der Waals surface area contributed by atoms with Gasteiger partial charge in [-0.05, 0) is 104 Å². The summed E-state index contributed by atoms with van der Waals surface area (Å²) in [5.74, 6) is 3.15. The van der Waals surface area contributed by atoms with Gasteiger partial charge in [-0.15, -0.1) is 6.58 Å². The van der Waals surface area contributed by atoms with Crippen LogP contribution in [0, 0.1) is 51.2 Å². The van der Waals surface area contributed by atoms with E-state index >= 15 is 0 Å². The number of hydrogen-bond donors (Lipinski definition) is 1. The van der Waals surface area contributed by atoms with E-state index in [1.807, 2.05) is 0 Å². The predicted octanol–water partition coefficient (Wildman–Crippen LogP) is 8.15. The molecule has 0 aliphatic heterocycles. The van der Waals surface area contributed by atoms with Crippen LogP contribution in [0.5, 0.6) is 0 Å². The van der Waals surface area contributed by atoms with E-state index in [9.17, 15) is 9.90 Å². The van der Waals surface area contributed by atoms with Crippen LogP contribution in [0.15, 0.2) is 23.8 Å². The molecule has 0 heterocycles. The van der Waals surface area contributed by atoms with Crippen LogP contribution < -0.4 is 0 Å². The number of aliphatic hydroxyl groups is 1. The van der Waals surface area contributed by atoms with Crippen LogP contribution in [0.4, 0.5) is 0 Å². The fourth-order valence-electron chi connectivity index (χ4n) is 9.74. The molecule has 2 saturated carbocycles. The van der Waals surface area contributed by atoms with Crippen LogP contribution >= 0.6 is 0 Å². The number of rotatable bonds is 7. The van der Waals surface area contributed by atoms with Crippen molar-refractivity contribution < 1.29 is 9.90 Å². The quantitative estimate of drug-likeness (QED) is 0.383. The molecular formula is C32H52O2. The van der Waals surface area contributed by atoms with Crippen molar-refractivity contribution in [3.8, 4) is 0 Å². The number of fused-ring (bicyclic) bond motifs is 4. The van der Waals surface area contributed by atoms with Gasteiger partial charge in [0.1, 0.15) is 5.78 Å². The van der Waals surface area contributed by atoms with Crippen LogP contribution in [0.2, 0.25) is 0 Å². The summed E-state index contributed by atoms with van der Waals surface area (Å²) in [4.78, 5) is 12.9. The second-order valence-electron chi connectivity index (χ2n) is 14.2. The summed E-state index contributed by atoms with van der Waals surface area (Å²) in [6.07, 6.45) is 13.8. The number of allylic oxidation sites excluding steroid dienone is 3. The molecule has 0 aromatic carbocycles. The third-order valence-electron chi connectivity index (χ3n) is 12.4. The van der Waals surface area contributed by atoms with E-state index in [0.29, 0.717) is 47.4 Å². The molecule has 4 aliphatic carbocycles.